The largest absolute Gasteiger partial charge is 0.103 e. The highest BCUT2D eigenvalue weighted by atomic mass is 14.1. The average molecular weight is 126 g/mol. The van der Waals surface area contributed by atoms with Gasteiger partial charge in [0.2, 0.25) is 0 Å². The van der Waals surface area contributed by atoms with E-state index >= 15 is 0 Å². The van der Waals surface area contributed by atoms with Crippen LogP contribution in [0.2, 0.25) is 0 Å². The Bertz CT molecular complexity index is 60.4. The van der Waals surface area contributed by atoms with Gasteiger partial charge in [-0.15, -0.1) is 6.58 Å². The standard InChI is InChI=1S/C5H10.C4H8/c1-5-3-2-4-5;1-3-4-2/h5H,2-4H2,1H3;3H,1,4H2,2H3. The highest BCUT2D eigenvalue weighted by molar-refractivity contribution is 4.62. The minimum absolute atomic E-state index is 1.06. The van der Waals surface area contributed by atoms with E-state index in [4.69, 9.17) is 0 Å². The van der Waals surface area contributed by atoms with Gasteiger partial charge < -0.3 is 0 Å². The summed E-state index contributed by atoms with van der Waals surface area (Å²) in [7, 11) is 0. The van der Waals surface area contributed by atoms with Gasteiger partial charge in [0.25, 0.3) is 0 Å². The van der Waals surface area contributed by atoms with Crippen molar-refractivity contribution < 1.29 is 0 Å². The van der Waals surface area contributed by atoms with Gasteiger partial charge in [0.05, 0.1) is 0 Å². The third-order valence-electron chi connectivity index (χ3n) is 1.68. The number of hydrogen-bond donors (Lipinski definition) is 0. The van der Waals surface area contributed by atoms with Gasteiger partial charge in [0.1, 0.15) is 0 Å². The Hall–Kier alpha value is -0.260. The van der Waals surface area contributed by atoms with Crippen LogP contribution in [0.25, 0.3) is 0 Å². The predicted octanol–water partition coefficient (Wildman–Crippen LogP) is 3.39. The van der Waals surface area contributed by atoms with Crippen LogP contribution >= 0.6 is 0 Å². The molecule has 0 heterocycles. The zero-order valence-corrected chi connectivity index (χ0v) is 6.69. The number of allylic oxidation sites excluding steroid dienone is 1. The van der Waals surface area contributed by atoms with Crippen LogP contribution in [0, 0.1) is 5.92 Å². The molecule has 0 amide bonds. The molecule has 0 unspecified atom stereocenters. The lowest BCUT2D eigenvalue weighted by molar-refractivity contribution is 0.346. The molecule has 0 heteroatoms. The van der Waals surface area contributed by atoms with Gasteiger partial charge in [0, 0.05) is 0 Å². The van der Waals surface area contributed by atoms with E-state index in [9.17, 15) is 0 Å². The van der Waals surface area contributed by atoms with Crippen molar-refractivity contribution in [3.8, 4) is 0 Å². The van der Waals surface area contributed by atoms with Crippen LogP contribution in [0.15, 0.2) is 12.7 Å². The Morgan fingerprint density at radius 2 is 1.89 bits per heavy atom. The lowest BCUT2D eigenvalue weighted by atomic mass is 9.88. The van der Waals surface area contributed by atoms with Crippen LogP contribution in [-0.2, 0) is 0 Å². The van der Waals surface area contributed by atoms with E-state index in [2.05, 4.69) is 20.4 Å². The Balaban J connectivity index is 0.000000148. The first-order chi connectivity index (χ1) is 4.31. The van der Waals surface area contributed by atoms with Gasteiger partial charge in [-0.05, 0) is 12.3 Å². The number of rotatable bonds is 1. The second-order valence-electron chi connectivity index (χ2n) is 2.73. The van der Waals surface area contributed by atoms with Crippen molar-refractivity contribution in [3.63, 3.8) is 0 Å². The minimum Gasteiger partial charge on any atom is -0.103 e. The fraction of sp³-hybridized carbons (Fsp3) is 0.778. The molecule has 0 saturated heterocycles. The first kappa shape index (κ1) is 8.74. The molecule has 0 aromatic heterocycles. The van der Waals surface area contributed by atoms with Crippen LogP contribution in [-0.4, -0.2) is 0 Å². The fourth-order valence-electron chi connectivity index (χ4n) is 0.612. The Morgan fingerprint density at radius 3 is 1.89 bits per heavy atom. The quantitative estimate of drug-likeness (QED) is 0.472. The summed E-state index contributed by atoms with van der Waals surface area (Å²) in [4.78, 5) is 0. The van der Waals surface area contributed by atoms with Gasteiger partial charge in [-0.2, -0.15) is 0 Å². The van der Waals surface area contributed by atoms with E-state index in [0.717, 1.165) is 12.3 Å². The van der Waals surface area contributed by atoms with Crippen molar-refractivity contribution in [1.82, 2.24) is 0 Å². The summed E-state index contributed by atoms with van der Waals surface area (Å²) < 4.78 is 0. The van der Waals surface area contributed by atoms with Gasteiger partial charge in [-0.1, -0.05) is 39.2 Å². The summed E-state index contributed by atoms with van der Waals surface area (Å²) in [5.74, 6) is 1.06. The van der Waals surface area contributed by atoms with E-state index in [1.807, 2.05) is 6.08 Å². The molecule has 54 valence electrons. The molecule has 1 rings (SSSR count). The highest BCUT2D eigenvalue weighted by Crippen LogP contribution is 2.24. The Kier molecular flexibility index (Phi) is 5.70. The first-order valence-electron chi connectivity index (χ1n) is 3.92. The zero-order chi connectivity index (χ0) is 7.11. The summed E-state index contributed by atoms with van der Waals surface area (Å²) in [6.07, 6.45) is 7.42. The molecule has 0 aliphatic heterocycles. The van der Waals surface area contributed by atoms with E-state index in [1.54, 1.807) is 0 Å². The van der Waals surface area contributed by atoms with Crippen LogP contribution in [0.4, 0.5) is 0 Å². The van der Waals surface area contributed by atoms with E-state index < -0.39 is 0 Å². The molecule has 1 aliphatic carbocycles. The van der Waals surface area contributed by atoms with Crippen LogP contribution in [0.3, 0.4) is 0 Å². The van der Waals surface area contributed by atoms with Gasteiger partial charge in [0.15, 0.2) is 0 Å². The SMILES string of the molecule is C=CCC.CC1CCC1. The lowest BCUT2D eigenvalue weighted by Gasteiger charge is -2.18. The molecular weight excluding hydrogens is 108 g/mol. The minimum atomic E-state index is 1.06. The summed E-state index contributed by atoms with van der Waals surface area (Å²) in [6, 6.07) is 0. The fourth-order valence-corrected chi connectivity index (χ4v) is 0.612. The third kappa shape index (κ3) is 5.61. The average Bonchev–Trinajstić information content (AvgIpc) is 1.84. The maximum Gasteiger partial charge on any atom is -0.0382 e. The maximum atomic E-state index is 3.48. The predicted molar refractivity (Wildman–Crippen MR) is 43.5 cm³/mol. The van der Waals surface area contributed by atoms with Gasteiger partial charge >= 0.3 is 0 Å². The molecule has 1 fully saturated rings. The molecule has 0 bridgehead atoms. The van der Waals surface area contributed by atoms with Crippen molar-refractivity contribution in [2.45, 2.75) is 39.5 Å². The van der Waals surface area contributed by atoms with Gasteiger partial charge in [-0.25, -0.2) is 0 Å². The molecule has 0 aromatic carbocycles. The van der Waals surface area contributed by atoms with E-state index in [1.165, 1.54) is 19.3 Å². The van der Waals surface area contributed by atoms with Crippen molar-refractivity contribution >= 4 is 0 Å². The van der Waals surface area contributed by atoms with Crippen molar-refractivity contribution in [3.05, 3.63) is 12.7 Å². The second kappa shape index (κ2) is 5.87. The highest BCUT2D eigenvalue weighted by Gasteiger charge is 2.09. The Labute approximate surface area is 59.0 Å². The summed E-state index contributed by atoms with van der Waals surface area (Å²) in [5.41, 5.74) is 0. The molecule has 0 atom stereocenters. The summed E-state index contributed by atoms with van der Waals surface area (Å²) in [5, 5.41) is 0. The molecule has 0 aromatic rings. The maximum absolute atomic E-state index is 3.48. The molecule has 1 saturated carbocycles. The van der Waals surface area contributed by atoms with Crippen LogP contribution < -0.4 is 0 Å². The molecule has 0 spiro atoms. The summed E-state index contributed by atoms with van der Waals surface area (Å²) >= 11 is 0. The molecule has 0 N–H and O–H groups in total. The molecule has 0 nitrogen and oxygen atoms in total. The van der Waals surface area contributed by atoms with Crippen molar-refractivity contribution in [2.75, 3.05) is 0 Å². The number of hydrogen-bond acceptors (Lipinski definition) is 0. The normalized spacial score (nSPS) is 17.1. The van der Waals surface area contributed by atoms with Crippen molar-refractivity contribution in [2.24, 2.45) is 5.92 Å². The van der Waals surface area contributed by atoms with Crippen molar-refractivity contribution in [1.29, 1.82) is 0 Å². The molecule has 9 heavy (non-hydrogen) atoms. The monoisotopic (exact) mass is 126 g/mol. The topological polar surface area (TPSA) is 0 Å². The van der Waals surface area contributed by atoms with Gasteiger partial charge in [-0.3, -0.25) is 0 Å². The molecule has 0 radical (unpaired) electrons. The smallest absolute Gasteiger partial charge is 0.0382 e. The Morgan fingerprint density at radius 1 is 1.56 bits per heavy atom. The zero-order valence-electron chi connectivity index (χ0n) is 6.69. The lowest BCUT2D eigenvalue weighted by Crippen LogP contribution is -2.04. The third-order valence-corrected chi connectivity index (χ3v) is 1.68. The van der Waals surface area contributed by atoms with E-state index in [-0.39, 0.29) is 0 Å². The second-order valence-corrected chi connectivity index (χ2v) is 2.73. The summed E-state index contributed by atoms with van der Waals surface area (Å²) in [6.45, 7) is 7.85. The molecular formula is C9H18. The van der Waals surface area contributed by atoms with Crippen LogP contribution in [0.1, 0.15) is 39.5 Å². The molecule has 1 aliphatic rings. The van der Waals surface area contributed by atoms with Crippen LogP contribution in [0.5, 0.6) is 0 Å². The van der Waals surface area contributed by atoms with E-state index in [0.29, 0.717) is 0 Å². The first-order valence-corrected chi connectivity index (χ1v) is 3.92.